The van der Waals surface area contributed by atoms with Crippen LogP contribution in [0.4, 0.5) is 17.1 Å². The average molecular weight is 735 g/mol. The van der Waals surface area contributed by atoms with Gasteiger partial charge in [-0.15, -0.1) is 11.8 Å². The summed E-state index contributed by atoms with van der Waals surface area (Å²) in [5.74, 6) is 0.433. The Labute approximate surface area is 328 Å². The summed E-state index contributed by atoms with van der Waals surface area (Å²) in [6.45, 7) is 0. The Morgan fingerprint density at radius 3 is 2.00 bits per heavy atom. The SMILES string of the molecule is C1=CC2Sc3c(-c4ccc(N(c5ccc(-n6c7ccccc7c7ccccc76)cc5)c5cccc6oc7c8ccccc8ccc7c56)cc4)cccc3C2C=C1. The minimum Gasteiger partial charge on any atom is -0.455 e. The van der Waals surface area contributed by atoms with Gasteiger partial charge in [-0.25, -0.2) is 0 Å². The molecule has 264 valence electrons. The Kier molecular flexibility index (Phi) is 6.99. The topological polar surface area (TPSA) is 21.3 Å². The average Bonchev–Trinajstić information content (AvgIpc) is 3.95. The number of benzene rings is 8. The second-order valence-electron chi connectivity index (χ2n) is 14.8. The fourth-order valence-electron chi connectivity index (χ4n) is 9.18. The quantitative estimate of drug-likeness (QED) is 0.176. The van der Waals surface area contributed by atoms with Crippen LogP contribution in [-0.4, -0.2) is 9.82 Å². The summed E-state index contributed by atoms with van der Waals surface area (Å²) in [7, 11) is 0. The van der Waals surface area contributed by atoms with E-state index in [0.717, 1.165) is 50.1 Å². The third kappa shape index (κ3) is 4.73. The van der Waals surface area contributed by atoms with E-state index in [1.165, 1.54) is 48.8 Å². The van der Waals surface area contributed by atoms with Gasteiger partial charge >= 0.3 is 0 Å². The van der Waals surface area contributed by atoms with Crippen LogP contribution < -0.4 is 4.90 Å². The second kappa shape index (κ2) is 12.4. The molecule has 2 atom stereocenters. The number of aromatic nitrogens is 1. The van der Waals surface area contributed by atoms with Crippen molar-refractivity contribution in [1.29, 1.82) is 0 Å². The maximum Gasteiger partial charge on any atom is 0.143 e. The highest BCUT2D eigenvalue weighted by Gasteiger charge is 2.32. The zero-order valence-electron chi connectivity index (χ0n) is 30.3. The number of anilines is 3. The van der Waals surface area contributed by atoms with E-state index in [2.05, 4.69) is 204 Å². The van der Waals surface area contributed by atoms with E-state index in [-0.39, 0.29) is 0 Å². The Bertz CT molecular complexity index is 3190. The summed E-state index contributed by atoms with van der Waals surface area (Å²) in [5.41, 5.74) is 12.5. The molecule has 56 heavy (non-hydrogen) atoms. The molecule has 2 aromatic heterocycles. The normalized spacial score (nSPS) is 16.0. The molecule has 12 rings (SSSR count). The lowest BCUT2D eigenvalue weighted by atomic mass is 9.90. The van der Waals surface area contributed by atoms with Crippen molar-refractivity contribution in [3.8, 4) is 16.8 Å². The summed E-state index contributed by atoms with van der Waals surface area (Å²) >= 11 is 1.99. The Balaban J connectivity index is 1.03. The van der Waals surface area contributed by atoms with Crippen LogP contribution in [0.15, 0.2) is 203 Å². The highest BCUT2D eigenvalue weighted by atomic mass is 32.2. The first-order valence-electron chi connectivity index (χ1n) is 19.3. The summed E-state index contributed by atoms with van der Waals surface area (Å²) in [5, 5.41) is 7.48. The predicted octanol–water partition coefficient (Wildman–Crippen LogP) is 14.7. The first-order chi connectivity index (χ1) is 27.8. The first kappa shape index (κ1) is 31.6. The molecule has 0 radical (unpaired) electrons. The number of hydrogen-bond donors (Lipinski definition) is 0. The van der Waals surface area contributed by atoms with Crippen LogP contribution in [0.2, 0.25) is 0 Å². The van der Waals surface area contributed by atoms with Crippen LogP contribution in [0.5, 0.6) is 0 Å². The van der Waals surface area contributed by atoms with Gasteiger partial charge in [0.1, 0.15) is 11.2 Å². The fourth-order valence-corrected chi connectivity index (χ4v) is 10.7. The van der Waals surface area contributed by atoms with Gasteiger partial charge in [0, 0.05) is 54.7 Å². The summed E-state index contributed by atoms with van der Waals surface area (Å²) in [6, 6.07) is 61.7. The van der Waals surface area contributed by atoms with E-state index in [9.17, 15) is 0 Å². The predicted molar refractivity (Wildman–Crippen MR) is 236 cm³/mol. The minimum atomic E-state index is 0.433. The zero-order chi connectivity index (χ0) is 36.7. The number of thioether (sulfide) groups is 1. The van der Waals surface area contributed by atoms with Crippen LogP contribution in [0.25, 0.3) is 71.3 Å². The minimum absolute atomic E-state index is 0.433. The van der Waals surface area contributed by atoms with Gasteiger partial charge in [-0.3, -0.25) is 0 Å². The largest absolute Gasteiger partial charge is 0.455 e. The van der Waals surface area contributed by atoms with Gasteiger partial charge in [-0.1, -0.05) is 127 Å². The molecule has 0 spiro atoms. The van der Waals surface area contributed by atoms with Crippen LogP contribution in [0.1, 0.15) is 11.5 Å². The smallest absolute Gasteiger partial charge is 0.143 e. The molecule has 8 aromatic carbocycles. The number of rotatable bonds is 5. The third-order valence-corrected chi connectivity index (χ3v) is 13.1. The number of fused-ring (bicyclic) bond motifs is 11. The van der Waals surface area contributed by atoms with Crippen LogP contribution in [0, 0.1) is 0 Å². The van der Waals surface area contributed by atoms with E-state index in [1.54, 1.807) is 0 Å². The van der Waals surface area contributed by atoms with E-state index in [4.69, 9.17) is 4.42 Å². The molecule has 1 aliphatic heterocycles. The molecule has 0 fully saturated rings. The van der Waals surface area contributed by atoms with Gasteiger partial charge in [-0.05, 0) is 88.8 Å². The number of nitrogens with zero attached hydrogens (tertiary/aromatic N) is 2. The summed E-state index contributed by atoms with van der Waals surface area (Å²) in [6.07, 6.45) is 9.07. The van der Waals surface area contributed by atoms with Crippen molar-refractivity contribution in [3.05, 3.63) is 200 Å². The molecular formula is C52H34N2OS. The number of para-hydroxylation sites is 2. The molecule has 0 amide bonds. The Hall–Kier alpha value is -6.75. The molecule has 0 saturated heterocycles. The van der Waals surface area contributed by atoms with Gasteiger partial charge in [0.25, 0.3) is 0 Å². The lowest BCUT2D eigenvalue weighted by Gasteiger charge is -2.27. The third-order valence-electron chi connectivity index (χ3n) is 11.7. The van der Waals surface area contributed by atoms with Gasteiger partial charge in [0.2, 0.25) is 0 Å². The van der Waals surface area contributed by atoms with Crippen molar-refractivity contribution in [2.45, 2.75) is 16.1 Å². The maximum atomic E-state index is 6.70. The molecule has 2 aliphatic rings. The fraction of sp³-hybridized carbons (Fsp3) is 0.0385. The van der Waals surface area contributed by atoms with Crippen LogP contribution >= 0.6 is 11.8 Å². The number of allylic oxidation sites excluding steroid dienone is 3. The molecule has 0 bridgehead atoms. The monoisotopic (exact) mass is 734 g/mol. The zero-order valence-corrected chi connectivity index (χ0v) is 31.2. The summed E-state index contributed by atoms with van der Waals surface area (Å²) in [4.78, 5) is 3.78. The van der Waals surface area contributed by atoms with E-state index in [0.29, 0.717) is 11.2 Å². The molecule has 3 heterocycles. The van der Waals surface area contributed by atoms with Gasteiger partial charge in [0.05, 0.1) is 22.1 Å². The van der Waals surface area contributed by atoms with Crippen molar-refractivity contribution in [2.75, 3.05) is 4.90 Å². The lowest BCUT2D eigenvalue weighted by molar-refractivity contribution is 0.672. The van der Waals surface area contributed by atoms with Crippen molar-refractivity contribution in [2.24, 2.45) is 0 Å². The molecule has 0 saturated carbocycles. The van der Waals surface area contributed by atoms with E-state index in [1.807, 2.05) is 11.8 Å². The molecular weight excluding hydrogens is 701 g/mol. The number of furan rings is 1. The van der Waals surface area contributed by atoms with Crippen molar-refractivity contribution in [1.82, 2.24) is 4.57 Å². The Morgan fingerprint density at radius 1 is 0.536 bits per heavy atom. The second-order valence-corrected chi connectivity index (χ2v) is 16.0. The highest BCUT2D eigenvalue weighted by molar-refractivity contribution is 8.00. The van der Waals surface area contributed by atoms with Crippen LogP contribution in [-0.2, 0) is 0 Å². The molecule has 2 unspecified atom stereocenters. The summed E-state index contributed by atoms with van der Waals surface area (Å²) < 4.78 is 9.07. The van der Waals surface area contributed by atoms with Gasteiger partial charge < -0.3 is 13.9 Å². The van der Waals surface area contributed by atoms with Gasteiger partial charge in [-0.2, -0.15) is 0 Å². The Morgan fingerprint density at radius 2 is 1.21 bits per heavy atom. The molecule has 10 aromatic rings. The van der Waals surface area contributed by atoms with Crippen LogP contribution in [0.3, 0.4) is 0 Å². The molecule has 0 N–H and O–H groups in total. The lowest BCUT2D eigenvalue weighted by Crippen LogP contribution is -2.10. The highest BCUT2D eigenvalue weighted by Crippen LogP contribution is 2.52. The maximum absolute atomic E-state index is 6.70. The van der Waals surface area contributed by atoms with Crippen molar-refractivity contribution in [3.63, 3.8) is 0 Å². The standard InChI is InChI=1S/C52H34N2OS/c1-2-12-38-33(11-1)25-32-44-50-47(20-10-21-48(50)55-51(38)44)53(35-26-23-34(24-27-35)39-16-9-17-43-42-15-5-8-22-49(42)56-52(39)43)36-28-30-37(31-29-36)54-45-18-6-3-13-40(45)41-14-4-7-19-46(41)54/h1-32,42,49H. The number of hydrogen-bond acceptors (Lipinski definition) is 3. The van der Waals surface area contributed by atoms with Gasteiger partial charge in [0.15, 0.2) is 0 Å². The molecule has 4 heteroatoms. The molecule has 1 aliphatic carbocycles. The van der Waals surface area contributed by atoms with Crippen molar-refractivity contribution < 1.29 is 4.42 Å². The molecule has 3 nitrogen and oxygen atoms in total. The van der Waals surface area contributed by atoms with Crippen molar-refractivity contribution >= 4 is 83.3 Å². The van der Waals surface area contributed by atoms with E-state index < -0.39 is 0 Å². The van der Waals surface area contributed by atoms with E-state index >= 15 is 0 Å². The first-order valence-corrected chi connectivity index (χ1v) is 20.1.